The molecule has 2 N–H and O–H groups in total. The second-order valence-corrected chi connectivity index (χ2v) is 6.55. The van der Waals surface area contributed by atoms with Crippen LogP contribution in [0.15, 0.2) is 36.5 Å². The highest BCUT2D eigenvalue weighted by molar-refractivity contribution is 7.16. The Bertz CT molecular complexity index is 941. The number of nitrogens with zero attached hydrogens (tertiary/aromatic N) is 2. The number of benzene rings is 1. The zero-order valence-electron chi connectivity index (χ0n) is 13.8. The maximum Gasteiger partial charge on any atom is 0.418 e. The van der Waals surface area contributed by atoms with Crippen molar-refractivity contribution in [3.8, 4) is 5.88 Å². The van der Waals surface area contributed by atoms with E-state index in [0.29, 0.717) is 15.7 Å². The van der Waals surface area contributed by atoms with Crippen molar-refractivity contribution in [2.24, 2.45) is 0 Å². The van der Waals surface area contributed by atoms with Crippen LogP contribution < -0.4 is 15.4 Å². The number of carbonyl (C=O) groups excluding carboxylic acids is 1. The van der Waals surface area contributed by atoms with Crippen molar-refractivity contribution in [1.82, 2.24) is 9.97 Å². The molecule has 0 aliphatic rings. The Hall–Kier alpha value is -3.07. The second kappa shape index (κ2) is 7.44. The van der Waals surface area contributed by atoms with Crippen molar-refractivity contribution < 1.29 is 18.3 Å². The maximum absolute atomic E-state index is 13.3. The van der Waals surface area contributed by atoms with Crippen molar-refractivity contribution in [1.29, 1.82) is 0 Å². The summed E-state index contributed by atoms with van der Waals surface area (Å²) in [4.78, 5) is 20.2. The Labute approximate surface area is 151 Å². The highest BCUT2D eigenvalue weighted by Crippen LogP contribution is 2.34. The van der Waals surface area contributed by atoms with E-state index >= 15 is 0 Å². The number of rotatable bonds is 4. The van der Waals surface area contributed by atoms with Gasteiger partial charge in [-0.3, -0.25) is 10.3 Å². The van der Waals surface area contributed by atoms with Crippen LogP contribution in [0.2, 0.25) is 0 Å². The quantitative estimate of drug-likeness (QED) is 0.685. The first kappa shape index (κ1) is 17.7. The summed E-state index contributed by atoms with van der Waals surface area (Å²) in [6, 6.07) is 6.33. The smallest absolute Gasteiger partial charge is 0.388 e. The summed E-state index contributed by atoms with van der Waals surface area (Å²) >= 11 is 1.19. The summed E-state index contributed by atoms with van der Waals surface area (Å²) < 4.78 is 31.9. The van der Waals surface area contributed by atoms with Crippen LogP contribution in [-0.2, 0) is 0 Å². The fourth-order valence-electron chi connectivity index (χ4n) is 2.17. The van der Waals surface area contributed by atoms with E-state index in [0.717, 1.165) is 23.9 Å². The van der Waals surface area contributed by atoms with Gasteiger partial charge in [-0.25, -0.2) is 18.6 Å². The molecule has 2 aromatic heterocycles. The molecule has 0 spiro atoms. The van der Waals surface area contributed by atoms with E-state index in [1.807, 2.05) is 0 Å². The average Bonchev–Trinajstić information content (AvgIpc) is 2.85. The van der Waals surface area contributed by atoms with Gasteiger partial charge in [-0.05, 0) is 38.1 Å². The number of halogens is 2. The molecule has 2 heterocycles. The van der Waals surface area contributed by atoms with E-state index in [1.54, 1.807) is 32.2 Å². The number of thiazole rings is 1. The van der Waals surface area contributed by atoms with Gasteiger partial charge in [0.15, 0.2) is 5.00 Å². The van der Waals surface area contributed by atoms with Crippen LogP contribution in [0, 0.1) is 25.5 Å². The number of amides is 1. The predicted molar refractivity (Wildman–Crippen MR) is 95.1 cm³/mol. The van der Waals surface area contributed by atoms with Crippen LogP contribution >= 0.6 is 11.3 Å². The van der Waals surface area contributed by atoms with Crippen molar-refractivity contribution in [3.63, 3.8) is 0 Å². The van der Waals surface area contributed by atoms with Crippen molar-refractivity contribution in [2.75, 3.05) is 10.6 Å². The first-order chi connectivity index (χ1) is 12.4. The molecule has 0 saturated carbocycles. The summed E-state index contributed by atoms with van der Waals surface area (Å²) in [6.07, 6.45) is 0.818. The summed E-state index contributed by atoms with van der Waals surface area (Å²) in [5, 5.41) is 6.35. The first-order valence-corrected chi connectivity index (χ1v) is 8.33. The number of carbonyl (C=O) groups is 1. The Morgan fingerprint density at radius 3 is 2.54 bits per heavy atom. The van der Waals surface area contributed by atoms with E-state index in [-0.39, 0.29) is 11.6 Å². The number of aromatic nitrogens is 2. The molecule has 0 radical (unpaired) electrons. The third-order valence-corrected chi connectivity index (χ3v) is 4.02. The van der Waals surface area contributed by atoms with Gasteiger partial charge in [0.25, 0.3) is 5.88 Å². The molecule has 1 aromatic carbocycles. The molecule has 134 valence electrons. The number of hydrogen-bond acceptors (Lipinski definition) is 6. The fraction of sp³-hybridized carbons (Fsp3) is 0.118. The molecular weight excluding hydrogens is 362 g/mol. The Morgan fingerprint density at radius 2 is 1.85 bits per heavy atom. The van der Waals surface area contributed by atoms with Gasteiger partial charge in [0.2, 0.25) is 0 Å². The largest absolute Gasteiger partial charge is 0.418 e. The molecule has 26 heavy (non-hydrogen) atoms. The normalized spacial score (nSPS) is 10.5. The second-order valence-electron chi connectivity index (χ2n) is 5.35. The molecular formula is C17H14F2N4O2S. The molecule has 3 aromatic rings. The molecule has 1 amide bonds. The molecule has 0 aliphatic carbocycles. The molecule has 6 nitrogen and oxygen atoms in total. The van der Waals surface area contributed by atoms with Crippen LogP contribution in [0.5, 0.6) is 5.88 Å². The minimum atomic E-state index is -0.741. The summed E-state index contributed by atoms with van der Waals surface area (Å²) in [6.45, 7) is 3.51. The zero-order chi connectivity index (χ0) is 18.7. The first-order valence-electron chi connectivity index (χ1n) is 7.51. The monoisotopic (exact) mass is 376 g/mol. The van der Waals surface area contributed by atoms with Crippen molar-refractivity contribution in [3.05, 3.63) is 58.9 Å². The van der Waals surface area contributed by atoms with E-state index < -0.39 is 17.7 Å². The third-order valence-electron chi connectivity index (χ3n) is 3.16. The fourth-order valence-corrected chi connectivity index (χ4v) is 2.94. The summed E-state index contributed by atoms with van der Waals surface area (Å²) in [5.74, 6) is -1.43. The third kappa shape index (κ3) is 4.51. The molecule has 0 aliphatic heterocycles. The van der Waals surface area contributed by atoms with Gasteiger partial charge >= 0.3 is 6.09 Å². The van der Waals surface area contributed by atoms with E-state index in [2.05, 4.69) is 20.6 Å². The standard InChI is InChI=1S/C17H14F2N4O2S/c1-9-5-13(3-4-20-9)23-17(24)25-15-16(26-10(2)21-15)22-14-7-11(18)6-12(19)8-14/h3-8,22H,1-2H3,(H,20,23,24). The maximum atomic E-state index is 13.3. The lowest BCUT2D eigenvalue weighted by atomic mass is 10.3. The SMILES string of the molecule is Cc1cc(NC(=O)Oc2nc(C)sc2Nc2cc(F)cc(F)c2)ccn1. The minimum Gasteiger partial charge on any atom is -0.388 e. The number of anilines is 3. The lowest BCUT2D eigenvalue weighted by molar-refractivity contribution is 0.214. The topological polar surface area (TPSA) is 76.1 Å². The highest BCUT2D eigenvalue weighted by Gasteiger charge is 2.16. The lowest BCUT2D eigenvalue weighted by Gasteiger charge is -2.08. The summed E-state index contributed by atoms with van der Waals surface area (Å²) in [7, 11) is 0. The molecule has 3 rings (SSSR count). The molecule has 0 atom stereocenters. The van der Waals surface area contributed by atoms with E-state index in [4.69, 9.17) is 4.74 Å². The van der Waals surface area contributed by atoms with Gasteiger partial charge in [0, 0.05) is 29.3 Å². The van der Waals surface area contributed by atoms with Gasteiger partial charge < -0.3 is 10.1 Å². The Balaban J connectivity index is 1.75. The molecule has 0 fully saturated rings. The van der Waals surface area contributed by atoms with Crippen LogP contribution in [0.4, 0.5) is 30.0 Å². The number of aryl methyl sites for hydroxylation is 2. The molecule has 0 unspecified atom stereocenters. The van der Waals surface area contributed by atoms with Gasteiger partial charge in [0.05, 0.1) is 5.01 Å². The van der Waals surface area contributed by atoms with Crippen LogP contribution in [0.3, 0.4) is 0 Å². The Morgan fingerprint density at radius 1 is 1.12 bits per heavy atom. The van der Waals surface area contributed by atoms with Gasteiger partial charge in [-0.1, -0.05) is 11.3 Å². The number of nitrogens with one attached hydrogen (secondary N) is 2. The lowest BCUT2D eigenvalue weighted by Crippen LogP contribution is -2.17. The van der Waals surface area contributed by atoms with E-state index in [9.17, 15) is 13.6 Å². The average molecular weight is 376 g/mol. The summed E-state index contributed by atoms with van der Waals surface area (Å²) in [5.41, 5.74) is 1.44. The van der Waals surface area contributed by atoms with Crippen LogP contribution in [0.1, 0.15) is 10.7 Å². The van der Waals surface area contributed by atoms with Gasteiger partial charge in [-0.2, -0.15) is 0 Å². The van der Waals surface area contributed by atoms with Gasteiger partial charge in [-0.15, -0.1) is 0 Å². The number of pyridine rings is 1. The highest BCUT2D eigenvalue weighted by atomic mass is 32.1. The molecule has 0 saturated heterocycles. The van der Waals surface area contributed by atoms with Gasteiger partial charge in [0.1, 0.15) is 11.6 Å². The van der Waals surface area contributed by atoms with Crippen LogP contribution in [0.25, 0.3) is 0 Å². The zero-order valence-corrected chi connectivity index (χ0v) is 14.7. The Kier molecular flexibility index (Phi) is 5.08. The molecule has 0 bridgehead atoms. The minimum absolute atomic E-state index is 0.0143. The number of hydrogen-bond donors (Lipinski definition) is 2. The van der Waals surface area contributed by atoms with Crippen molar-refractivity contribution >= 4 is 33.8 Å². The predicted octanol–water partition coefficient (Wildman–Crippen LogP) is 4.79. The van der Waals surface area contributed by atoms with Crippen molar-refractivity contribution in [2.45, 2.75) is 13.8 Å². The van der Waals surface area contributed by atoms with E-state index in [1.165, 1.54) is 11.3 Å². The number of ether oxygens (including phenoxy) is 1. The molecule has 9 heteroatoms. The van der Waals surface area contributed by atoms with Crippen LogP contribution in [-0.4, -0.2) is 16.1 Å².